The molecule has 3 rings (SSSR count). The summed E-state index contributed by atoms with van der Waals surface area (Å²) in [7, 11) is 1.61. The molecule has 1 heterocycles. The van der Waals surface area contributed by atoms with Crippen LogP contribution in [0, 0.1) is 5.82 Å². The summed E-state index contributed by atoms with van der Waals surface area (Å²) in [6.45, 7) is 1.73. The molecule has 0 aliphatic heterocycles. The number of aromatic nitrogens is 2. The zero-order chi connectivity index (χ0) is 19.2. The molecule has 1 amide bonds. The maximum absolute atomic E-state index is 12.9. The molecule has 0 bridgehead atoms. The summed E-state index contributed by atoms with van der Waals surface area (Å²) < 4.78 is 23.7. The summed E-state index contributed by atoms with van der Waals surface area (Å²) in [5.74, 6) is 0.655. The molecule has 1 N–H and O–H groups in total. The number of rotatable bonds is 7. The first-order chi connectivity index (χ1) is 13.0. The van der Waals surface area contributed by atoms with Crippen molar-refractivity contribution in [3.8, 4) is 5.75 Å². The minimum Gasteiger partial charge on any atom is -0.497 e. The summed E-state index contributed by atoms with van der Waals surface area (Å²) >= 11 is 1.17. The number of carbonyl (C=O) groups excluding carboxylic acids is 1. The predicted octanol–water partition coefficient (Wildman–Crippen LogP) is 3.93. The average molecular weight is 387 g/mol. The lowest BCUT2D eigenvalue weighted by molar-refractivity contribution is -0.115. The summed E-state index contributed by atoms with van der Waals surface area (Å²) in [5.41, 5.74) is 1.54. The van der Waals surface area contributed by atoms with Gasteiger partial charge in [0.15, 0.2) is 0 Å². The van der Waals surface area contributed by atoms with Crippen LogP contribution in [0.1, 0.15) is 18.4 Å². The van der Waals surface area contributed by atoms with E-state index in [1.54, 1.807) is 14.0 Å². The summed E-state index contributed by atoms with van der Waals surface area (Å²) in [5, 5.41) is 10.6. The van der Waals surface area contributed by atoms with Crippen molar-refractivity contribution in [1.29, 1.82) is 0 Å². The van der Waals surface area contributed by atoms with Crippen LogP contribution in [0.15, 0.2) is 58.2 Å². The van der Waals surface area contributed by atoms with E-state index >= 15 is 0 Å². The SMILES string of the molecule is COc1ccc(Cc2nnc(S[C@@H](C)C(=O)Nc3ccc(F)cc3)o2)cc1. The van der Waals surface area contributed by atoms with Gasteiger partial charge in [0.2, 0.25) is 11.8 Å². The Labute approximate surface area is 160 Å². The molecular weight excluding hydrogens is 369 g/mol. The lowest BCUT2D eigenvalue weighted by Gasteiger charge is -2.09. The zero-order valence-corrected chi connectivity index (χ0v) is 15.6. The lowest BCUT2D eigenvalue weighted by Crippen LogP contribution is -2.22. The number of benzene rings is 2. The second kappa shape index (κ2) is 8.68. The number of hydrogen-bond acceptors (Lipinski definition) is 6. The molecule has 8 heteroatoms. The second-order valence-corrected chi connectivity index (χ2v) is 7.03. The molecule has 0 spiro atoms. The van der Waals surface area contributed by atoms with E-state index in [-0.39, 0.29) is 11.7 Å². The van der Waals surface area contributed by atoms with E-state index in [9.17, 15) is 9.18 Å². The highest BCUT2D eigenvalue weighted by molar-refractivity contribution is 8.00. The van der Waals surface area contributed by atoms with Crippen LogP contribution in [0.5, 0.6) is 5.75 Å². The minimum absolute atomic E-state index is 0.235. The summed E-state index contributed by atoms with van der Waals surface area (Å²) in [6, 6.07) is 13.2. The molecule has 0 aliphatic carbocycles. The van der Waals surface area contributed by atoms with Gasteiger partial charge in [-0.25, -0.2) is 4.39 Å². The van der Waals surface area contributed by atoms with E-state index in [0.717, 1.165) is 11.3 Å². The summed E-state index contributed by atoms with van der Waals surface area (Å²) in [4.78, 5) is 12.2. The van der Waals surface area contributed by atoms with Crippen LogP contribution in [-0.4, -0.2) is 28.5 Å². The molecule has 0 unspecified atom stereocenters. The predicted molar refractivity (Wildman–Crippen MR) is 100 cm³/mol. The van der Waals surface area contributed by atoms with Crippen molar-refractivity contribution >= 4 is 23.4 Å². The van der Waals surface area contributed by atoms with Gasteiger partial charge in [-0.2, -0.15) is 0 Å². The van der Waals surface area contributed by atoms with Gasteiger partial charge in [0.05, 0.1) is 18.8 Å². The number of thioether (sulfide) groups is 1. The van der Waals surface area contributed by atoms with Crippen LogP contribution >= 0.6 is 11.8 Å². The van der Waals surface area contributed by atoms with Crippen LogP contribution in [-0.2, 0) is 11.2 Å². The number of amides is 1. The number of nitrogens with zero attached hydrogens (tertiary/aromatic N) is 2. The Hall–Kier alpha value is -2.87. The monoisotopic (exact) mass is 387 g/mol. The van der Waals surface area contributed by atoms with E-state index in [4.69, 9.17) is 9.15 Å². The van der Waals surface area contributed by atoms with Crippen molar-refractivity contribution in [3.05, 3.63) is 65.8 Å². The number of hydrogen-bond donors (Lipinski definition) is 1. The highest BCUT2D eigenvalue weighted by atomic mass is 32.2. The number of methoxy groups -OCH3 is 1. The van der Waals surface area contributed by atoms with Gasteiger partial charge in [0.1, 0.15) is 11.6 Å². The van der Waals surface area contributed by atoms with Crippen LogP contribution in [0.3, 0.4) is 0 Å². The molecule has 0 saturated heterocycles. The summed E-state index contributed by atoms with van der Waals surface area (Å²) in [6.07, 6.45) is 0.494. The van der Waals surface area contributed by atoms with Crippen molar-refractivity contribution in [2.24, 2.45) is 0 Å². The molecule has 1 aromatic heterocycles. The largest absolute Gasteiger partial charge is 0.497 e. The van der Waals surface area contributed by atoms with Gasteiger partial charge in [-0.3, -0.25) is 4.79 Å². The first-order valence-electron chi connectivity index (χ1n) is 8.22. The Balaban J connectivity index is 1.55. The second-order valence-electron chi connectivity index (χ2n) is 5.74. The van der Waals surface area contributed by atoms with E-state index in [0.29, 0.717) is 23.2 Å². The van der Waals surface area contributed by atoms with Gasteiger partial charge in [0.25, 0.3) is 5.22 Å². The zero-order valence-electron chi connectivity index (χ0n) is 14.8. The van der Waals surface area contributed by atoms with Gasteiger partial charge >= 0.3 is 0 Å². The number of ether oxygens (including phenoxy) is 1. The molecule has 27 heavy (non-hydrogen) atoms. The standard InChI is InChI=1S/C19H18FN3O3S/c1-12(18(24)21-15-7-5-14(20)6-8-15)27-19-23-22-17(26-19)11-13-3-9-16(25-2)10-4-13/h3-10,12H,11H2,1-2H3,(H,21,24)/t12-/m0/s1. The van der Waals surface area contributed by atoms with Crippen molar-refractivity contribution in [1.82, 2.24) is 10.2 Å². The highest BCUT2D eigenvalue weighted by Gasteiger charge is 2.18. The van der Waals surface area contributed by atoms with Crippen LogP contribution in [0.2, 0.25) is 0 Å². The van der Waals surface area contributed by atoms with Gasteiger partial charge in [-0.05, 0) is 48.9 Å². The number of nitrogens with one attached hydrogen (secondary N) is 1. The number of halogens is 1. The molecule has 2 aromatic carbocycles. The third-order valence-corrected chi connectivity index (χ3v) is 4.66. The Morgan fingerprint density at radius 2 is 1.89 bits per heavy atom. The molecule has 0 aliphatic rings. The van der Waals surface area contributed by atoms with Gasteiger partial charge in [-0.1, -0.05) is 23.9 Å². The van der Waals surface area contributed by atoms with E-state index in [1.807, 2.05) is 24.3 Å². The van der Waals surface area contributed by atoms with Crippen molar-refractivity contribution in [2.45, 2.75) is 23.8 Å². The van der Waals surface area contributed by atoms with Crippen LogP contribution < -0.4 is 10.1 Å². The molecular formula is C19H18FN3O3S. The average Bonchev–Trinajstić information content (AvgIpc) is 3.11. The van der Waals surface area contributed by atoms with Crippen molar-refractivity contribution in [3.63, 3.8) is 0 Å². The molecule has 3 aromatic rings. The van der Waals surface area contributed by atoms with Gasteiger partial charge in [-0.15, -0.1) is 10.2 Å². The van der Waals surface area contributed by atoms with Gasteiger partial charge in [0, 0.05) is 5.69 Å². The lowest BCUT2D eigenvalue weighted by atomic mass is 10.1. The van der Waals surface area contributed by atoms with E-state index < -0.39 is 5.25 Å². The van der Waals surface area contributed by atoms with Crippen molar-refractivity contribution in [2.75, 3.05) is 12.4 Å². The molecule has 0 fully saturated rings. The van der Waals surface area contributed by atoms with Crippen LogP contribution in [0.25, 0.3) is 0 Å². The highest BCUT2D eigenvalue weighted by Crippen LogP contribution is 2.24. The normalized spacial score (nSPS) is 11.8. The molecule has 140 valence electrons. The fourth-order valence-electron chi connectivity index (χ4n) is 2.26. The fraction of sp³-hybridized carbons (Fsp3) is 0.211. The third-order valence-electron chi connectivity index (χ3n) is 3.72. The molecule has 0 saturated carbocycles. The van der Waals surface area contributed by atoms with E-state index in [2.05, 4.69) is 15.5 Å². The van der Waals surface area contributed by atoms with Crippen LogP contribution in [0.4, 0.5) is 10.1 Å². The number of anilines is 1. The van der Waals surface area contributed by atoms with Gasteiger partial charge < -0.3 is 14.5 Å². The van der Waals surface area contributed by atoms with Crippen molar-refractivity contribution < 1.29 is 18.3 Å². The maximum atomic E-state index is 12.9. The third kappa shape index (κ3) is 5.30. The maximum Gasteiger partial charge on any atom is 0.277 e. The quantitative estimate of drug-likeness (QED) is 0.619. The Kier molecular flexibility index (Phi) is 6.08. The Morgan fingerprint density at radius 3 is 2.56 bits per heavy atom. The van der Waals surface area contributed by atoms with E-state index in [1.165, 1.54) is 36.0 Å². The minimum atomic E-state index is -0.454. The fourth-order valence-corrected chi connectivity index (χ4v) is 2.96. The molecule has 1 atom stereocenters. The first-order valence-corrected chi connectivity index (χ1v) is 9.10. The smallest absolute Gasteiger partial charge is 0.277 e. The Morgan fingerprint density at radius 1 is 1.19 bits per heavy atom. The molecule has 0 radical (unpaired) electrons. The molecule has 6 nitrogen and oxygen atoms in total. The Bertz CT molecular complexity index is 897. The number of carbonyl (C=O) groups is 1. The topological polar surface area (TPSA) is 77.2 Å². The first kappa shape index (κ1) is 18.9.